The molecule has 1 N–H and O–H groups in total. The maximum absolute atomic E-state index is 16.4. The second kappa shape index (κ2) is 19.0. The fourth-order valence-corrected chi connectivity index (χ4v) is 11.7. The van der Waals surface area contributed by atoms with Crippen molar-refractivity contribution in [1.29, 1.82) is 0 Å². The van der Waals surface area contributed by atoms with Crippen molar-refractivity contribution in [3.8, 4) is 0 Å². The Morgan fingerprint density at radius 1 is 0.950 bits per heavy atom. The Labute approximate surface area is 362 Å². The van der Waals surface area contributed by atoms with Gasteiger partial charge < -0.3 is 24.2 Å². The summed E-state index contributed by atoms with van der Waals surface area (Å²) >= 11 is 3.15. The number of alkyl halides is 1. The van der Waals surface area contributed by atoms with E-state index in [0.717, 1.165) is 34.9 Å². The predicted octanol–water partition coefficient (Wildman–Crippen LogP) is 8.51. The van der Waals surface area contributed by atoms with Gasteiger partial charge in [0.2, 0.25) is 17.7 Å². The summed E-state index contributed by atoms with van der Waals surface area (Å²) in [5, 5.41) is 3.21. The lowest BCUT2D eigenvalue weighted by molar-refractivity contribution is -0.148. The molecule has 1 unspecified atom stereocenters. The first-order chi connectivity index (χ1) is 28.3. The summed E-state index contributed by atoms with van der Waals surface area (Å²) in [6.07, 6.45) is 5.86. The number of rotatable bonds is 14. The quantitative estimate of drug-likeness (QED) is 0.122. The molecule has 0 bridgehead atoms. The van der Waals surface area contributed by atoms with Crippen LogP contribution in [-0.4, -0.2) is 98.7 Å². The number of halogens is 2. The highest BCUT2D eigenvalue weighted by Gasteiger charge is 2.48. The third-order valence-corrected chi connectivity index (χ3v) is 16.4. The number of aromatic nitrogens is 1. The highest BCUT2D eigenvalue weighted by atomic mass is 32.2. The molecule has 3 aliphatic heterocycles. The van der Waals surface area contributed by atoms with Gasteiger partial charge >= 0.3 is 7.60 Å². The normalized spacial score (nSPS) is 20.7. The molecule has 0 aliphatic carbocycles. The highest BCUT2D eigenvalue weighted by molar-refractivity contribution is 8.14. The molecule has 5 heterocycles. The number of hydrogen-bond acceptors (Lipinski definition) is 12. The van der Waals surface area contributed by atoms with Gasteiger partial charge in [0.15, 0.2) is 10.2 Å². The van der Waals surface area contributed by atoms with Crippen LogP contribution in [0.5, 0.6) is 0 Å². The van der Waals surface area contributed by atoms with Crippen molar-refractivity contribution in [3.05, 3.63) is 64.5 Å². The number of carbonyl (C=O) groups excluding carboxylic acids is 5. The summed E-state index contributed by atoms with van der Waals surface area (Å²) in [6, 6.07) is 5.81. The number of pyridine rings is 1. The van der Waals surface area contributed by atoms with Crippen LogP contribution in [-0.2, 0) is 32.8 Å². The largest absolute Gasteiger partial charge is 0.369 e. The lowest BCUT2D eigenvalue weighted by Gasteiger charge is -2.42. The van der Waals surface area contributed by atoms with Crippen LogP contribution in [0.2, 0.25) is 0 Å². The second-order valence-electron chi connectivity index (χ2n) is 17.5. The van der Waals surface area contributed by atoms with E-state index < -0.39 is 42.3 Å². The van der Waals surface area contributed by atoms with Crippen molar-refractivity contribution < 1.29 is 46.4 Å². The number of amides is 3. The van der Waals surface area contributed by atoms with Gasteiger partial charge in [0, 0.05) is 70.0 Å². The summed E-state index contributed by atoms with van der Waals surface area (Å²) < 4.78 is 56.6. The Hall–Kier alpha value is -3.21. The van der Waals surface area contributed by atoms with Gasteiger partial charge in [-0.1, -0.05) is 71.1 Å². The summed E-state index contributed by atoms with van der Waals surface area (Å²) in [6.45, 7) is 10.9. The molecule has 326 valence electrons. The molecule has 6 rings (SSSR count). The highest BCUT2D eigenvalue weighted by Crippen LogP contribution is 2.62. The molecule has 3 amide bonds. The first-order valence-electron chi connectivity index (χ1n) is 20.2. The lowest BCUT2D eigenvalue weighted by Crippen LogP contribution is -2.58. The van der Waals surface area contributed by atoms with Crippen molar-refractivity contribution >= 4 is 80.5 Å². The zero-order valence-electron chi connectivity index (χ0n) is 34.7. The molecular weight excluding hydrogens is 854 g/mol. The smallest absolute Gasteiger partial charge is 0.340 e. The number of nitrogens with zero attached hydrogens (tertiary/aromatic N) is 3. The van der Waals surface area contributed by atoms with Crippen LogP contribution in [0.1, 0.15) is 106 Å². The summed E-state index contributed by atoms with van der Waals surface area (Å²) in [4.78, 5) is 73.9. The van der Waals surface area contributed by atoms with E-state index in [1.54, 1.807) is 63.5 Å². The maximum Gasteiger partial charge on any atom is 0.369 e. The molecule has 1 aromatic carbocycles. The van der Waals surface area contributed by atoms with E-state index >= 15 is 4.39 Å². The summed E-state index contributed by atoms with van der Waals surface area (Å²) in [7, 11) is -4.48. The molecule has 0 saturated carbocycles. The number of thioether (sulfide) groups is 2. The molecular formula is C42H53F2N4O8PS3. The van der Waals surface area contributed by atoms with Gasteiger partial charge in [0.05, 0.1) is 18.1 Å². The molecule has 3 fully saturated rings. The molecule has 60 heavy (non-hydrogen) atoms. The van der Waals surface area contributed by atoms with Crippen LogP contribution < -0.4 is 5.32 Å². The Morgan fingerprint density at radius 3 is 2.22 bits per heavy atom. The zero-order chi connectivity index (χ0) is 43.6. The van der Waals surface area contributed by atoms with Gasteiger partial charge in [-0.3, -0.25) is 33.5 Å². The molecule has 18 heteroatoms. The van der Waals surface area contributed by atoms with E-state index in [2.05, 4.69) is 10.3 Å². The van der Waals surface area contributed by atoms with Crippen LogP contribution in [0.3, 0.4) is 0 Å². The molecule has 3 saturated heterocycles. The second-order valence-corrected chi connectivity index (χ2v) is 22.8. The molecule has 4 atom stereocenters. The van der Waals surface area contributed by atoms with E-state index in [-0.39, 0.29) is 75.0 Å². The van der Waals surface area contributed by atoms with Crippen molar-refractivity contribution in [2.45, 2.75) is 104 Å². The van der Waals surface area contributed by atoms with E-state index in [1.807, 2.05) is 0 Å². The third kappa shape index (κ3) is 10.7. The fraction of sp³-hybridized carbons (Fsp3) is 0.571. The van der Waals surface area contributed by atoms with Crippen LogP contribution in [0.15, 0.2) is 42.7 Å². The monoisotopic (exact) mass is 906 g/mol. The molecule has 3 aliphatic rings. The van der Waals surface area contributed by atoms with Gasteiger partial charge in [0.1, 0.15) is 17.9 Å². The first kappa shape index (κ1) is 46.3. The number of carbonyl (C=O) groups is 5. The Bertz CT molecular complexity index is 2120. The maximum atomic E-state index is 16.4. The van der Waals surface area contributed by atoms with Gasteiger partial charge in [0.25, 0.3) is 5.91 Å². The van der Waals surface area contributed by atoms with Gasteiger partial charge in [-0.2, -0.15) is 0 Å². The topological polar surface area (TPSA) is 152 Å². The number of thiophene rings is 1. The van der Waals surface area contributed by atoms with Crippen molar-refractivity contribution in [2.75, 3.05) is 37.8 Å². The summed E-state index contributed by atoms with van der Waals surface area (Å²) in [5.41, 5.74) is -0.739. The zero-order valence-corrected chi connectivity index (χ0v) is 38.1. The molecule has 12 nitrogen and oxygen atoms in total. The average molecular weight is 907 g/mol. The van der Waals surface area contributed by atoms with Crippen LogP contribution >= 0.6 is 42.5 Å². The Balaban J connectivity index is 1.11. The Kier molecular flexibility index (Phi) is 14.7. The van der Waals surface area contributed by atoms with Gasteiger partial charge in [-0.05, 0) is 67.3 Å². The number of fused-ring (bicyclic) bond motifs is 2. The number of hydrogen-bond donors (Lipinski definition) is 1. The Morgan fingerprint density at radius 2 is 1.60 bits per heavy atom. The SMILES string of the molecule is CC(C)(C)C(=O)SCCOP(=O)(OCCSC(=O)C(C)(C)C)C(F)c1ccc2sc(C(=O)N[C@H]3CCC[C@H]4CC[C@@H](C(=O)N5CC(c6cnccc6F)C5)N4C3=O)cc2c1. The number of likely N-dealkylation sites (tertiary alicyclic amines) is 1. The fourth-order valence-electron chi connectivity index (χ4n) is 7.43. The number of benzene rings is 1. The molecule has 2 aromatic heterocycles. The number of nitrogens with one attached hydrogen (secondary N) is 1. The molecule has 3 aromatic rings. The van der Waals surface area contributed by atoms with Gasteiger partial charge in [-0.25, -0.2) is 8.78 Å². The van der Waals surface area contributed by atoms with Crippen molar-refractivity contribution in [1.82, 2.24) is 20.1 Å². The summed E-state index contributed by atoms with van der Waals surface area (Å²) in [5.74, 6) is -3.44. The minimum atomic E-state index is -4.48. The van der Waals surface area contributed by atoms with Crippen LogP contribution in [0, 0.1) is 16.6 Å². The first-order valence-corrected chi connectivity index (χ1v) is 24.6. The minimum absolute atomic E-state index is 0.00116. The van der Waals surface area contributed by atoms with Crippen molar-refractivity contribution in [3.63, 3.8) is 0 Å². The van der Waals surface area contributed by atoms with E-state index in [1.165, 1.54) is 30.6 Å². The van der Waals surface area contributed by atoms with E-state index in [0.29, 0.717) is 60.8 Å². The van der Waals surface area contributed by atoms with Crippen molar-refractivity contribution in [2.24, 2.45) is 10.8 Å². The average Bonchev–Trinajstić information content (AvgIpc) is 3.77. The van der Waals surface area contributed by atoms with Gasteiger partial charge in [-0.15, -0.1) is 11.3 Å². The minimum Gasteiger partial charge on any atom is -0.340 e. The van der Waals surface area contributed by atoms with E-state index in [9.17, 15) is 32.9 Å². The lowest BCUT2D eigenvalue weighted by atomic mass is 9.91. The molecule has 0 spiro atoms. The van der Waals surface area contributed by atoms with Crippen LogP contribution in [0.25, 0.3) is 10.1 Å². The third-order valence-electron chi connectivity index (χ3n) is 10.8. The van der Waals surface area contributed by atoms with E-state index in [4.69, 9.17) is 9.05 Å². The standard InChI is InChI=1S/C42H53F2N4O8PS3/c1-41(2,3)39(52)58-18-16-55-57(54,56-17-19-59-40(53)42(4,5)6)35(44)25-10-13-33-26(20-25)21-34(60-33)36(49)46-31-9-7-8-28-11-12-32(48(28)37(31)50)38(51)47-23-27(24-47)29-22-45-15-14-30(29)43/h10,13-15,20-22,27-28,31-32,35H,7-9,11-12,16-19,23-24H2,1-6H3,(H,46,49)/t28-,31-,32-,35?/m0/s1. The molecule has 0 radical (unpaired) electrons. The predicted molar refractivity (Wildman–Crippen MR) is 231 cm³/mol. The van der Waals surface area contributed by atoms with Crippen LogP contribution in [0.4, 0.5) is 8.78 Å².